The molecule has 0 aliphatic heterocycles. The molecule has 3 nitrogen and oxygen atoms in total. The highest BCUT2D eigenvalue weighted by Gasteiger charge is 2.01. The zero-order valence-electron chi connectivity index (χ0n) is 12.5. The van der Waals surface area contributed by atoms with Gasteiger partial charge < -0.3 is 5.32 Å². The van der Waals surface area contributed by atoms with E-state index in [4.69, 9.17) is 0 Å². The highest BCUT2D eigenvalue weighted by atomic mass is 32.2. The summed E-state index contributed by atoms with van der Waals surface area (Å²) in [5, 5.41) is 7.76. The standard InChI is InChI=1S/C16H23N3S/c1-4-19-11-15(10-18-19)12-20-16-7-5-6-14(8-16)9-17-13(2)3/h5-8,10-11,13,17H,4,9,12H2,1-3H3. The molecule has 0 aliphatic rings. The molecule has 1 aromatic carbocycles. The van der Waals surface area contributed by atoms with Gasteiger partial charge in [-0.25, -0.2) is 0 Å². The van der Waals surface area contributed by atoms with Crippen LogP contribution in [0.25, 0.3) is 0 Å². The van der Waals surface area contributed by atoms with Gasteiger partial charge in [0.1, 0.15) is 0 Å². The molecule has 0 bridgehead atoms. The number of nitrogens with one attached hydrogen (secondary N) is 1. The van der Waals surface area contributed by atoms with Gasteiger partial charge in [0.05, 0.1) is 6.20 Å². The van der Waals surface area contributed by atoms with E-state index in [0.717, 1.165) is 18.8 Å². The Morgan fingerprint density at radius 2 is 2.15 bits per heavy atom. The van der Waals surface area contributed by atoms with Gasteiger partial charge in [-0.2, -0.15) is 5.10 Å². The molecule has 1 N–H and O–H groups in total. The number of aryl methyl sites for hydroxylation is 1. The van der Waals surface area contributed by atoms with Crippen molar-refractivity contribution in [3.63, 3.8) is 0 Å². The molecule has 0 radical (unpaired) electrons. The van der Waals surface area contributed by atoms with Gasteiger partial charge in [-0.05, 0) is 24.6 Å². The largest absolute Gasteiger partial charge is 0.310 e. The average molecular weight is 289 g/mol. The minimum atomic E-state index is 0.520. The van der Waals surface area contributed by atoms with Crippen molar-refractivity contribution in [2.24, 2.45) is 0 Å². The molecule has 0 saturated carbocycles. The Labute approximate surface area is 125 Å². The minimum absolute atomic E-state index is 0.520. The summed E-state index contributed by atoms with van der Waals surface area (Å²) >= 11 is 1.86. The first-order valence-electron chi connectivity index (χ1n) is 7.14. The predicted molar refractivity (Wildman–Crippen MR) is 85.9 cm³/mol. The van der Waals surface area contributed by atoms with Gasteiger partial charge in [0.25, 0.3) is 0 Å². The number of nitrogens with zero attached hydrogens (tertiary/aromatic N) is 2. The Hall–Kier alpha value is -1.26. The first kappa shape index (κ1) is 15.1. The number of hydrogen-bond donors (Lipinski definition) is 1. The van der Waals surface area contributed by atoms with Crippen molar-refractivity contribution in [3.8, 4) is 0 Å². The van der Waals surface area contributed by atoms with Crippen LogP contribution in [-0.4, -0.2) is 15.8 Å². The lowest BCUT2D eigenvalue weighted by molar-refractivity contribution is 0.588. The van der Waals surface area contributed by atoms with Crippen molar-refractivity contribution in [3.05, 3.63) is 47.8 Å². The molecular formula is C16H23N3S. The molecule has 0 spiro atoms. The molecule has 0 fully saturated rings. The summed E-state index contributed by atoms with van der Waals surface area (Å²) < 4.78 is 1.97. The van der Waals surface area contributed by atoms with Crippen molar-refractivity contribution < 1.29 is 0 Å². The van der Waals surface area contributed by atoms with Crippen LogP contribution >= 0.6 is 11.8 Å². The van der Waals surface area contributed by atoms with Gasteiger partial charge in [0.2, 0.25) is 0 Å². The monoisotopic (exact) mass is 289 g/mol. The number of thioether (sulfide) groups is 1. The second kappa shape index (κ2) is 7.50. The summed E-state index contributed by atoms with van der Waals surface area (Å²) in [6.45, 7) is 8.31. The summed E-state index contributed by atoms with van der Waals surface area (Å²) in [6.07, 6.45) is 4.08. The summed E-state index contributed by atoms with van der Waals surface area (Å²) in [4.78, 5) is 1.32. The Morgan fingerprint density at radius 1 is 1.30 bits per heavy atom. The quantitative estimate of drug-likeness (QED) is 0.788. The lowest BCUT2D eigenvalue weighted by atomic mass is 10.2. The third kappa shape index (κ3) is 4.69. The van der Waals surface area contributed by atoms with Crippen molar-refractivity contribution >= 4 is 11.8 Å². The number of rotatable bonds is 7. The molecule has 1 aromatic heterocycles. The molecule has 0 atom stereocenters. The second-order valence-corrected chi connectivity index (χ2v) is 6.22. The molecular weight excluding hydrogens is 266 g/mol. The zero-order chi connectivity index (χ0) is 14.4. The molecule has 0 unspecified atom stereocenters. The van der Waals surface area contributed by atoms with Gasteiger partial charge in [0, 0.05) is 41.5 Å². The molecule has 2 rings (SSSR count). The highest BCUT2D eigenvalue weighted by molar-refractivity contribution is 7.98. The van der Waals surface area contributed by atoms with Crippen LogP contribution in [0.5, 0.6) is 0 Å². The summed E-state index contributed by atoms with van der Waals surface area (Å²) in [5.41, 5.74) is 2.62. The fourth-order valence-corrected chi connectivity index (χ4v) is 2.78. The summed E-state index contributed by atoms with van der Waals surface area (Å²) in [7, 11) is 0. The van der Waals surface area contributed by atoms with Crippen molar-refractivity contribution in [2.45, 2.75) is 50.6 Å². The lowest BCUT2D eigenvalue weighted by Gasteiger charge is -2.09. The zero-order valence-corrected chi connectivity index (χ0v) is 13.3. The number of benzene rings is 1. The van der Waals surface area contributed by atoms with Gasteiger partial charge in [0.15, 0.2) is 0 Å². The molecule has 2 aromatic rings. The van der Waals surface area contributed by atoms with E-state index in [-0.39, 0.29) is 0 Å². The minimum Gasteiger partial charge on any atom is -0.310 e. The maximum atomic E-state index is 4.31. The average Bonchev–Trinajstić information content (AvgIpc) is 2.91. The van der Waals surface area contributed by atoms with Crippen LogP contribution in [0.4, 0.5) is 0 Å². The fraction of sp³-hybridized carbons (Fsp3) is 0.438. The Bertz CT molecular complexity index is 534. The van der Waals surface area contributed by atoms with E-state index in [1.54, 1.807) is 0 Å². The van der Waals surface area contributed by atoms with E-state index < -0.39 is 0 Å². The van der Waals surface area contributed by atoms with E-state index in [1.165, 1.54) is 16.0 Å². The van der Waals surface area contributed by atoms with E-state index in [1.807, 2.05) is 22.6 Å². The first-order chi connectivity index (χ1) is 9.67. The van der Waals surface area contributed by atoms with Crippen LogP contribution < -0.4 is 5.32 Å². The van der Waals surface area contributed by atoms with Gasteiger partial charge in [-0.15, -0.1) is 11.8 Å². The number of aromatic nitrogens is 2. The molecule has 108 valence electrons. The van der Waals surface area contributed by atoms with Gasteiger partial charge >= 0.3 is 0 Å². The highest BCUT2D eigenvalue weighted by Crippen LogP contribution is 2.23. The Morgan fingerprint density at radius 3 is 2.85 bits per heavy atom. The van der Waals surface area contributed by atoms with E-state index >= 15 is 0 Å². The van der Waals surface area contributed by atoms with E-state index in [0.29, 0.717) is 6.04 Å². The summed E-state index contributed by atoms with van der Waals surface area (Å²) in [5.74, 6) is 0.973. The van der Waals surface area contributed by atoms with Crippen LogP contribution in [0, 0.1) is 0 Å². The Balaban J connectivity index is 1.90. The van der Waals surface area contributed by atoms with E-state index in [9.17, 15) is 0 Å². The maximum Gasteiger partial charge on any atom is 0.0530 e. The molecule has 0 aliphatic carbocycles. The second-order valence-electron chi connectivity index (χ2n) is 5.18. The SMILES string of the molecule is CCn1cc(CSc2cccc(CNC(C)C)c2)cn1. The third-order valence-electron chi connectivity index (χ3n) is 3.03. The lowest BCUT2D eigenvalue weighted by Crippen LogP contribution is -2.21. The van der Waals surface area contributed by atoms with Crippen LogP contribution in [0.15, 0.2) is 41.6 Å². The van der Waals surface area contributed by atoms with Crippen molar-refractivity contribution in [1.82, 2.24) is 15.1 Å². The smallest absolute Gasteiger partial charge is 0.0530 e. The molecule has 0 amide bonds. The number of hydrogen-bond acceptors (Lipinski definition) is 3. The van der Waals surface area contributed by atoms with Gasteiger partial charge in [-0.1, -0.05) is 26.0 Å². The van der Waals surface area contributed by atoms with E-state index in [2.05, 4.69) is 61.6 Å². The normalized spacial score (nSPS) is 11.2. The molecule has 1 heterocycles. The van der Waals surface area contributed by atoms with Crippen LogP contribution in [-0.2, 0) is 18.8 Å². The van der Waals surface area contributed by atoms with Crippen LogP contribution in [0.1, 0.15) is 31.9 Å². The fourth-order valence-electron chi connectivity index (χ4n) is 1.89. The topological polar surface area (TPSA) is 29.9 Å². The third-order valence-corrected chi connectivity index (χ3v) is 4.09. The molecule has 4 heteroatoms. The predicted octanol–water partition coefficient (Wildman–Crippen LogP) is 3.69. The maximum absolute atomic E-state index is 4.31. The molecule has 0 saturated heterocycles. The van der Waals surface area contributed by atoms with Gasteiger partial charge in [-0.3, -0.25) is 4.68 Å². The van der Waals surface area contributed by atoms with Crippen LogP contribution in [0.3, 0.4) is 0 Å². The Kier molecular flexibility index (Phi) is 5.68. The molecule has 20 heavy (non-hydrogen) atoms. The van der Waals surface area contributed by atoms with Crippen LogP contribution in [0.2, 0.25) is 0 Å². The summed E-state index contributed by atoms with van der Waals surface area (Å²) in [6, 6.07) is 9.27. The van der Waals surface area contributed by atoms with Crippen molar-refractivity contribution in [2.75, 3.05) is 0 Å². The first-order valence-corrected chi connectivity index (χ1v) is 8.12. The van der Waals surface area contributed by atoms with Crippen molar-refractivity contribution in [1.29, 1.82) is 0 Å².